The minimum absolute atomic E-state index is 0. The van der Waals surface area contributed by atoms with Crippen LogP contribution >= 0.6 is 12.4 Å². The largest absolute Gasteiger partial charge is 0.315 e. The Bertz CT molecular complexity index is 418. The molecule has 2 rings (SSSR count). The third-order valence-corrected chi connectivity index (χ3v) is 3.73. The number of aromatic nitrogens is 1. The molecule has 0 saturated carbocycles. The van der Waals surface area contributed by atoms with Crippen LogP contribution in [0.5, 0.6) is 0 Å². The van der Waals surface area contributed by atoms with Crippen molar-refractivity contribution < 1.29 is 8.42 Å². The van der Waals surface area contributed by atoms with E-state index in [-0.39, 0.29) is 23.5 Å². The molecule has 1 atom stereocenters. The summed E-state index contributed by atoms with van der Waals surface area (Å²) in [6.07, 6.45) is 2.30. The summed E-state index contributed by atoms with van der Waals surface area (Å²) >= 11 is 0. The molecule has 90 valence electrons. The highest BCUT2D eigenvalue weighted by molar-refractivity contribution is 7.89. The van der Waals surface area contributed by atoms with Gasteiger partial charge in [-0.3, -0.25) is 0 Å². The Hall–Kier alpha value is -0.690. The zero-order chi connectivity index (χ0) is 10.7. The second-order valence-electron chi connectivity index (χ2n) is 3.48. The van der Waals surface area contributed by atoms with E-state index >= 15 is 0 Å². The van der Waals surface area contributed by atoms with E-state index in [4.69, 9.17) is 0 Å². The Morgan fingerprint density at radius 2 is 2.25 bits per heavy atom. The van der Waals surface area contributed by atoms with Gasteiger partial charge in [-0.1, -0.05) is 6.07 Å². The molecule has 1 aromatic rings. The zero-order valence-corrected chi connectivity index (χ0v) is 10.2. The molecule has 0 spiro atoms. The molecule has 0 aromatic carbocycles. The van der Waals surface area contributed by atoms with Crippen molar-refractivity contribution in [1.82, 2.24) is 15.0 Å². The van der Waals surface area contributed by atoms with Gasteiger partial charge in [0.2, 0.25) is 0 Å². The quantitative estimate of drug-likeness (QED) is 0.814. The van der Waals surface area contributed by atoms with Crippen LogP contribution in [0, 0.1) is 0 Å². The lowest BCUT2D eigenvalue weighted by Crippen LogP contribution is -2.36. The summed E-state index contributed by atoms with van der Waals surface area (Å²) in [4.78, 5) is 3.82. The molecule has 2 N–H and O–H groups in total. The highest BCUT2D eigenvalue weighted by Crippen LogP contribution is 2.07. The van der Waals surface area contributed by atoms with Gasteiger partial charge in [0.25, 0.3) is 10.0 Å². The molecule has 5 nitrogen and oxygen atoms in total. The van der Waals surface area contributed by atoms with E-state index < -0.39 is 10.0 Å². The second-order valence-corrected chi connectivity index (χ2v) is 5.14. The SMILES string of the molecule is Cl.O=S(=O)(N[C@@H]1CCNC1)c1ccccn1. The lowest BCUT2D eigenvalue weighted by Gasteiger charge is -2.10. The van der Waals surface area contributed by atoms with E-state index in [1.165, 1.54) is 12.3 Å². The molecule has 2 heterocycles. The van der Waals surface area contributed by atoms with Crippen molar-refractivity contribution in [1.29, 1.82) is 0 Å². The number of nitrogens with zero attached hydrogens (tertiary/aromatic N) is 1. The molecule has 0 amide bonds. The molecular weight excluding hydrogens is 250 g/mol. The Morgan fingerprint density at radius 1 is 1.44 bits per heavy atom. The van der Waals surface area contributed by atoms with Gasteiger partial charge in [0.05, 0.1) is 0 Å². The fourth-order valence-electron chi connectivity index (χ4n) is 1.54. The van der Waals surface area contributed by atoms with Crippen LogP contribution in [0.4, 0.5) is 0 Å². The molecule has 0 aliphatic carbocycles. The third kappa shape index (κ3) is 3.15. The Kier molecular flexibility index (Phi) is 4.67. The molecule has 0 radical (unpaired) electrons. The van der Waals surface area contributed by atoms with Crippen molar-refractivity contribution in [2.75, 3.05) is 13.1 Å². The van der Waals surface area contributed by atoms with Crippen LogP contribution in [0.15, 0.2) is 29.4 Å². The summed E-state index contributed by atoms with van der Waals surface area (Å²) in [7, 11) is -3.44. The number of nitrogens with one attached hydrogen (secondary N) is 2. The highest BCUT2D eigenvalue weighted by atomic mass is 35.5. The van der Waals surface area contributed by atoms with Crippen LogP contribution in [-0.4, -0.2) is 32.5 Å². The van der Waals surface area contributed by atoms with Crippen LogP contribution < -0.4 is 10.0 Å². The lowest BCUT2D eigenvalue weighted by molar-refractivity contribution is 0.556. The van der Waals surface area contributed by atoms with Crippen molar-refractivity contribution in [2.45, 2.75) is 17.5 Å². The lowest BCUT2D eigenvalue weighted by atomic mass is 10.3. The van der Waals surface area contributed by atoms with Gasteiger partial charge >= 0.3 is 0 Å². The Morgan fingerprint density at radius 3 is 2.81 bits per heavy atom. The summed E-state index contributed by atoms with van der Waals surface area (Å²) in [6, 6.07) is 4.83. The van der Waals surface area contributed by atoms with Crippen LogP contribution in [-0.2, 0) is 10.0 Å². The molecule has 1 aromatic heterocycles. The molecule has 7 heteroatoms. The number of hydrogen-bond acceptors (Lipinski definition) is 4. The number of sulfonamides is 1. The summed E-state index contributed by atoms with van der Waals surface area (Å²) in [5.74, 6) is 0. The summed E-state index contributed by atoms with van der Waals surface area (Å²) in [5.41, 5.74) is 0. The monoisotopic (exact) mass is 263 g/mol. The number of pyridine rings is 1. The van der Waals surface area contributed by atoms with E-state index in [1.54, 1.807) is 12.1 Å². The zero-order valence-electron chi connectivity index (χ0n) is 8.59. The van der Waals surface area contributed by atoms with Gasteiger partial charge < -0.3 is 5.32 Å². The average molecular weight is 264 g/mol. The van der Waals surface area contributed by atoms with Gasteiger partial charge in [0.15, 0.2) is 5.03 Å². The van der Waals surface area contributed by atoms with E-state index in [0.717, 1.165) is 13.0 Å². The van der Waals surface area contributed by atoms with Gasteiger partial charge in [-0.15, -0.1) is 12.4 Å². The van der Waals surface area contributed by atoms with Crippen molar-refractivity contribution in [3.63, 3.8) is 0 Å². The van der Waals surface area contributed by atoms with E-state index in [2.05, 4.69) is 15.0 Å². The van der Waals surface area contributed by atoms with Gasteiger partial charge in [-0.2, -0.15) is 0 Å². The maximum atomic E-state index is 11.8. The Labute approximate surface area is 101 Å². The molecule has 1 aliphatic heterocycles. The van der Waals surface area contributed by atoms with Crippen molar-refractivity contribution in [2.24, 2.45) is 0 Å². The normalized spacial score (nSPS) is 20.4. The van der Waals surface area contributed by atoms with Crippen LogP contribution in [0.2, 0.25) is 0 Å². The summed E-state index contributed by atoms with van der Waals surface area (Å²) in [6.45, 7) is 1.54. The van der Waals surface area contributed by atoms with Crippen LogP contribution in [0.3, 0.4) is 0 Å². The van der Waals surface area contributed by atoms with Crippen molar-refractivity contribution in [3.05, 3.63) is 24.4 Å². The second kappa shape index (κ2) is 5.58. The fourth-order valence-corrected chi connectivity index (χ4v) is 2.76. The standard InChI is InChI=1S/C9H13N3O2S.ClH/c13-15(14,9-3-1-2-5-11-9)12-8-4-6-10-7-8;/h1-3,5,8,10,12H,4,6-7H2;1H/t8-;/m1./s1. The molecule has 1 aliphatic rings. The van der Waals surface area contributed by atoms with Gasteiger partial charge in [0.1, 0.15) is 0 Å². The maximum Gasteiger partial charge on any atom is 0.258 e. The van der Waals surface area contributed by atoms with E-state index in [9.17, 15) is 8.42 Å². The minimum Gasteiger partial charge on any atom is -0.315 e. The molecule has 0 unspecified atom stereocenters. The molecule has 1 saturated heterocycles. The summed E-state index contributed by atoms with van der Waals surface area (Å²) in [5, 5.41) is 3.18. The number of hydrogen-bond donors (Lipinski definition) is 2. The first-order valence-electron chi connectivity index (χ1n) is 4.82. The minimum atomic E-state index is -3.44. The first-order chi connectivity index (χ1) is 7.18. The molecule has 1 fully saturated rings. The molecule has 16 heavy (non-hydrogen) atoms. The van der Waals surface area contributed by atoms with Crippen molar-refractivity contribution >= 4 is 22.4 Å². The number of halogens is 1. The van der Waals surface area contributed by atoms with E-state index in [0.29, 0.717) is 6.54 Å². The van der Waals surface area contributed by atoms with Gasteiger partial charge in [0, 0.05) is 18.8 Å². The predicted molar refractivity (Wildman–Crippen MR) is 63.1 cm³/mol. The Balaban J connectivity index is 0.00000128. The summed E-state index contributed by atoms with van der Waals surface area (Å²) < 4.78 is 26.2. The molecular formula is C9H14ClN3O2S. The van der Waals surface area contributed by atoms with Crippen LogP contribution in [0.1, 0.15) is 6.42 Å². The van der Waals surface area contributed by atoms with Crippen LogP contribution in [0.25, 0.3) is 0 Å². The average Bonchev–Trinajstić information content (AvgIpc) is 2.71. The highest BCUT2D eigenvalue weighted by Gasteiger charge is 2.23. The van der Waals surface area contributed by atoms with Gasteiger partial charge in [-0.05, 0) is 25.1 Å². The maximum absolute atomic E-state index is 11.8. The smallest absolute Gasteiger partial charge is 0.258 e. The predicted octanol–water partition coefficient (Wildman–Crippen LogP) is 0.144. The first-order valence-corrected chi connectivity index (χ1v) is 6.31. The van der Waals surface area contributed by atoms with Gasteiger partial charge in [-0.25, -0.2) is 18.1 Å². The van der Waals surface area contributed by atoms with Crippen molar-refractivity contribution in [3.8, 4) is 0 Å². The van der Waals surface area contributed by atoms with E-state index in [1.807, 2.05) is 0 Å². The fraction of sp³-hybridized carbons (Fsp3) is 0.444. The molecule has 0 bridgehead atoms. The topological polar surface area (TPSA) is 71.1 Å². The first kappa shape index (κ1) is 13.4. The third-order valence-electron chi connectivity index (χ3n) is 2.30. The number of rotatable bonds is 3.